The molecule has 0 N–H and O–H groups in total. The van der Waals surface area contributed by atoms with Gasteiger partial charge in [0.25, 0.3) is 5.91 Å². The first kappa shape index (κ1) is 23.5. The van der Waals surface area contributed by atoms with Crippen LogP contribution in [0.15, 0.2) is 54.6 Å². The Morgan fingerprint density at radius 3 is 2.35 bits per heavy atom. The van der Waals surface area contributed by atoms with Gasteiger partial charge in [0.15, 0.2) is 5.78 Å². The minimum Gasteiger partial charge on any atom is -0.363 e. The van der Waals surface area contributed by atoms with Crippen LogP contribution < -0.4 is 4.90 Å². The van der Waals surface area contributed by atoms with Crippen molar-refractivity contribution in [1.82, 2.24) is 4.90 Å². The average molecular weight is 443 g/mol. The molecule has 0 aromatic heterocycles. The third kappa shape index (κ3) is 5.53. The quantitative estimate of drug-likeness (QED) is 0.631. The molecule has 2 saturated heterocycles. The van der Waals surface area contributed by atoms with Crippen LogP contribution >= 0.6 is 12.4 Å². The number of rotatable bonds is 6. The third-order valence-corrected chi connectivity index (χ3v) is 6.40. The number of morpholine rings is 1. The van der Waals surface area contributed by atoms with Crippen LogP contribution in [0.4, 0.5) is 5.69 Å². The lowest BCUT2D eigenvalue weighted by Crippen LogP contribution is -2.59. The Bertz CT molecular complexity index is 877. The zero-order valence-corrected chi connectivity index (χ0v) is 18.9. The maximum atomic E-state index is 12.4. The Balaban J connectivity index is 0.00000272. The third-order valence-electron chi connectivity index (χ3n) is 6.40. The number of anilines is 1. The summed E-state index contributed by atoms with van der Waals surface area (Å²) in [4.78, 5) is 28.5. The number of ketones is 1. The average Bonchev–Trinajstić information content (AvgIpc) is 2.81. The number of piperidine rings is 1. The van der Waals surface area contributed by atoms with E-state index in [0.717, 1.165) is 50.1 Å². The standard InChI is InChI=1S/C25H30N2O3.ClH/c1-2-23(28)21-10-8-20(9-11-21)12-15-26-16-13-25(14-17-26)19-27(24(29)18-30-25)22-6-4-3-5-7-22;/h3-11H,2,12-19H2,1H3;1H. The molecule has 0 unspecified atom stereocenters. The van der Waals surface area contributed by atoms with E-state index in [2.05, 4.69) is 17.0 Å². The van der Waals surface area contributed by atoms with Crippen LogP contribution in [-0.2, 0) is 16.0 Å². The molecule has 0 atom stereocenters. The molecule has 2 heterocycles. The summed E-state index contributed by atoms with van der Waals surface area (Å²) in [5, 5.41) is 0. The second kappa shape index (κ2) is 10.4. The fraction of sp³-hybridized carbons (Fsp3) is 0.440. The van der Waals surface area contributed by atoms with Crippen molar-refractivity contribution in [1.29, 1.82) is 0 Å². The number of carbonyl (C=O) groups is 2. The number of hydrogen-bond acceptors (Lipinski definition) is 4. The number of likely N-dealkylation sites (tertiary alicyclic amines) is 1. The van der Waals surface area contributed by atoms with Gasteiger partial charge in [0, 0.05) is 37.3 Å². The van der Waals surface area contributed by atoms with E-state index in [-0.39, 0.29) is 36.3 Å². The molecule has 2 fully saturated rings. The van der Waals surface area contributed by atoms with E-state index in [9.17, 15) is 9.59 Å². The van der Waals surface area contributed by atoms with Crippen molar-refractivity contribution in [3.63, 3.8) is 0 Å². The van der Waals surface area contributed by atoms with E-state index in [1.54, 1.807) is 0 Å². The summed E-state index contributed by atoms with van der Waals surface area (Å²) in [5.74, 6) is 0.234. The summed E-state index contributed by atoms with van der Waals surface area (Å²) in [7, 11) is 0. The normalized spacial score (nSPS) is 18.6. The van der Waals surface area contributed by atoms with Crippen LogP contribution in [0.25, 0.3) is 0 Å². The Kier molecular flexibility index (Phi) is 7.87. The molecule has 0 bridgehead atoms. The van der Waals surface area contributed by atoms with E-state index in [1.807, 2.05) is 54.3 Å². The highest BCUT2D eigenvalue weighted by atomic mass is 35.5. The second-order valence-corrected chi connectivity index (χ2v) is 8.35. The number of nitrogens with zero attached hydrogens (tertiary/aromatic N) is 2. The molecule has 0 saturated carbocycles. The molecular formula is C25H31ClN2O3. The summed E-state index contributed by atoms with van der Waals surface area (Å²) in [5.41, 5.74) is 2.78. The smallest absolute Gasteiger partial charge is 0.253 e. The molecule has 2 aromatic carbocycles. The minimum atomic E-state index is -0.234. The molecule has 1 spiro atoms. The van der Waals surface area contributed by atoms with Crippen molar-refractivity contribution in [3.05, 3.63) is 65.7 Å². The van der Waals surface area contributed by atoms with Crippen LogP contribution in [0.2, 0.25) is 0 Å². The second-order valence-electron chi connectivity index (χ2n) is 8.35. The number of para-hydroxylation sites is 1. The Hall–Kier alpha value is -2.21. The van der Waals surface area contributed by atoms with E-state index in [4.69, 9.17) is 4.74 Å². The summed E-state index contributed by atoms with van der Waals surface area (Å²) in [6.45, 7) is 5.64. The van der Waals surface area contributed by atoms with Gasteiger partial charge in [-0.3, -0.25) is 9.59 Å². The molecule has 2 aliphatic heterocycles. The first-order valence-electron chi connectivity index (χ1n) is 10.9. The van der Waals surface area contributed by atoms with E-state index >= 15 is 0 Å². The fourth-order valence-corrected chi connectivity index (χ4v) is 4.39. The molecule has 4 rings (SSSR count). The van der Waals surface area contributed by atoms with Crippen molar-refractivity contribution < 1.29 is 14.3 Å². The first-order valence-corrected chi connectivity index (χ1v) is 10.9. The number of halogens is 1. The van der Waals surface area contributed by atoms with E-state index in [0.29, 0.717) is 13.0 Å². The van der Waals surface area contributed by atoms with Gasteiger partial charge < -0.3 is 14.5 Å². The Morgan fingerprint density at radius 1 is 1.03 bits per heavy atom. The zero-order valence-electron chi connectivity index (χ0n) is 18.1. The number of Topliss-reactive ketones (excluding diaryl/α,β-unsaturated/α-hetero) is 1. The summed E-state index contributed by atoms with van der Waals surface area (Å²) < 4.78 is 6.08. The van der Waals surface area contributed by atoms with Crippen LogP contribution in [-0.4, -0.2) is 55.0 Å². The molecule has 1 amide bonds. The van der Waals surface area contributed by atoms with Gasteiger partial charge >= 0.3 is 0 Å². The Morgan fingerprint density at radius 2 is 1.71 bits per heavy atom. The van der Waals surface area contributed by atoms with Gasteiger partial charge in [-0.2, -0.15) is 0 Å². The number of carbonyl (C=O) groups excluding carboxylic acids is 2. The predicted octanol–water partition coefficient (Wildman–Crippen LogP) is 4.14. The van der Waals surface area contributed by atoms with Crippen molar-refractivity contribution >= 4 is 29.8 Å². The van der Waals surface area contributed by atoms with Gasteiger partial charge in [-0.1, -0.05) is 49.4 Å². The van der Waals surface area contributed by atoms with Crippen LogP contribution in [0.3, 0.4) is 0 Å². The maximum absolute atomic E-state index is 12.4. The molecule has 0 aliphatic carbocycles. The zero-order chi connectivity index (χ0) is 21.0. The van der Waals surface area contributed by atoms with E-state index < -0.39 is 0 Å². The number of hydrogen-bond donors (Lipinski definition) is 0. The molecule has 166 valence electrons. The minimum absolute atomic E-state index is 0. The highest BCUT2D eigenvalue weighted by molar-refractivity contribution is 5.96. The first-order chi connectivity index (χ1) is 14.6. The lowest BCUT2D eigenvalue weighted by molar-refractivity contribution is -0.144. The monoisotopic (exact) mass is 442 g/mol. The van der Waals surface area contributed by atoms with Crippen LogP contribution in [0, 0.1) is 0 Å². The highest BCUT2D eigenvalue weighted by Gasteiger charge is 2.42. The fourth-order valence-electron chi connectivity index (χ4n) is 4.39. The van der Waals surface area contributed by atoms with Crippen LogP contribution in [0.5, 0.6) is 0 Å². The summed E-state index contributed by atoms with van der Waals surface area (Å²) in [6, 6.07) is 17.9. The van der Waals surface area contributed by atoms with Gasteiger partial charge in [0.05, 0.1) is 12.1 Å². The summed E-state index contributed by atoms with van der Waals surface area (Å²) >= 11 is 0. The SMILES string of the molecule is CCC(=O)c1ccc(CCN2CCC3(CC2)CN(c2ccccc2)C(=O)CO3)cc1.Cl. The van der Waals surface area contributed by atoms with Crippen molar-refractivity contribution in [2.45, 2.75) is 38.2 Å². The van der Waals surface area contributed by atoms with Gasteiger partial charge in [-0.05, 0) is 37.0 Å². The molecular weight excluding hydrogens is 412 g/mol. The highest BCUT2D eigenvalue weighted by Crippen LogP contribution is 2.32. The molecule has 6 heteroatoms. The lowest BCUT2D eigenvalue weighted by Gasteiger charge is -2.47. The van der Waals surface area contributed by atoms with Crippen molar-refractivity contribution in [2.75, 3.05) is 37.7 Å². The lowest BCUT2D eigenvalue weighted by atomic mass is 9.88. The Labute approximate surface area is 190 Å². The molecule has 5 nitrogen and oxygen atoms in total. The van der Waals surface area contributed by atoms with Gasteiger partial charge in [-0.15, -0.1) is 12.4 Å². The van der Waals surface area contributed by atoms with Crippen LogP contribution in [0.1, 0.15) is 42.1 Å². The van der Waals surface area contributed by atoms with Gasteiger partial charge in [0.1, 0.15) is 6.61 Å². The molecule has 2 aliphatic rings. The number of amides is 1. The van der Waals surface area contributed by atoms with Gasteiger partial charge in [0.2, 0.25) is 0 Å². The predicted molar refractivity (Wildman–Crippen MR) is 125 cm³/mol. The molecule has 0 radical (unpaired) electrons. The maximum Gasteiger partial charge on any atom is 0.253 e. The largest absolute Gasteiger partial charge is 0.363 e. The van der Waals surface area contributed by atoms with Crippen molar-refractivity contribution in [3.8, 4) is 0 Å². The summed E-state index contributed by atoms with van der Waals surface area (Å²) in [6.07, 6.45) is 3.40. The topological polar surface area (TPSA) is 49.9 Å². The van der Waals surface area contributed by atoms with Gasteiger partial charge in [-0.25, -0.2) is 0 Å². The molecule has 2 aromatic rings. The van der Waals surface area contributed by atoms with E-state index in [1.165, 1.54) is 5.56 Å². The van der Waals surface area contributed by atoms with Crippen molar-refractivity contribution in [2.24, 2.45) is 0 Å². The number of benzene rings is 2. The molecule has 31 heavy (non-hydrogen) atoms. The number of ether oxygens (including phenoxy) is 1.